The molecule has 23 heavy (non-hydrogen) atoms. The fourth-order valence-corrected chi connectivity index (χ4v) is 2.87. The Kier molecular flexibility index (Phi) is 6.07. The van der Waals surface area contributed by atoms with E-state index in [-0.39, 0.29) is 11.9 Å². The van der Waals surface area contributed by atoms with Crippen LogP contribution in [0.1, 0.15) is 31.4 Å². The van der Waals surface area contributed by atoms with Gasteiger partial charge in [0.15, 0.2) is 0 Å². The minimum atomic E-state index is -0.550. The first-order valence-corrected chi connectivity index (χ1v) is 7.99. The van der Waals surface area contributed by atoms with Crippen molar-refractivity contribution in [2.75, 3.05) is 33.7 Å². The third-order valence-electron chi connectivity index (χ3n) is 4.32. The van der Waals surface area contributed by atoms with Gasteiger partial charge < -0.3 is 10.2 Å². The lowest BCUT2D eigenvalue weighted by Crippen LogP contribution is -2.46. The van der Waals surface area contributed by atoms with E-state index in [0.717, 1.165) is 32.0 Å². The molecule has 0 radical (unpaired) electrons. The minimum absolute atomic E-state index is 0.111. The summed E-state index contributed by atoms with van der Waals surface area (Å²) in [7, 11) is 3.52. The van der Waals surface area contributed by atoms with Gasteiger partial charge in [0, 0.05) is 45.3 Å². The monoisotopic (exact) mass is 325 g/mol. The lowest BCUT2D eigenvalue weighted by Gasteiger charge is -2.34. The largest absolute Gasteiger partial charge is 0.348 e. The van der Waals surface area contributed by atoms with Crippen LogP contribution >= 0.6 is 0 Å². The number of nitrogens with one attached hydrogen (secondary N) is 1. The molecule has 0 spiro atoms. The Morgan fingerprint density at radius 2 is 1.83 bits per heavy atom. The van der Waals surface area contributed by atoms with Crippen molar-refractivity contribution in [2.45, 2.75) is 31.8 Å². The smallest absolute Gasteiger partial charge is 0.236 e. The number of halogens is 2. The van der Waals surface area contributed by atoms with Crippen LogP contribution in [0.4, 0.5) is 8.78 Å². The minimum Gasteiger partial charge on any atom is -0.348 e. The van der Waals surface area contributed by atoms with Crippen molar-refractivity contribution < 1.29 is 13.6 Å². The molecule has 6 heteroatoms. The Balaban J connectivity index is 1.83. The normalized spacial score (nSPS) is 18.0. The quantitative estimate of drug-likeness (QED) is 0.901. The molecule has 1 fully saturated rings. The number of hydrogen-bond donors (Lipinski definition) is 1. The topological polar surface area (TPSA) is 35.6 Å². The number of carbonyl (C=O) groups is 1. The Bertz CT molecular complexity index is 522. The zero-order chi connectivity index (χ0) is 17.0. The number of likely N-dealkylation sites (tertiary alicyclic amines) is 1. The van der Waals surface area contributed by atoms with Crippen LogP contribution in [0.15, 0.2) is 18.2 Å². The molecular formula is C17H25F2N3O. The number of carbonyl (C=O) groups excluding carboxylic acids is 1. The van der Waals surface area contributed by atoms with Gasteiger partial charge in [-0.1, -0.05) is 0 Å². The number of nitrogens with zero attached hydrogens (tertiary/aromatic N) is 2. The van der Waals surface area contributed by atoms with E-state index in [4.69, 9.17) is 0 Å². The molecule has 1 aliphatic rings. The van der Waals surface area contributed by atoms with Crippen LogP contribution in [-0.2, 0) is 4.79 Å². The Hall–Kier alpha value is -1.53. The van der Waals surface area contributed by atoms with Crippen LogP contribution in [0.3, 0.4) is 0 Å². The first-order valence-electron chi connectivity index (χ1n) is 7.99. The van der Waals surface area contributed by atoms with E-state index in [2.05, 4.69) is 10.2 Å². The number of likely N-dealkylation sites (N-methyl/N-ethyl adjacent to an activating group) is 1. The van der Waals surface area contributed by atoms with Crippen molar-refractivity contribution in [3.8, 4) is 0 Å². The summed E-state index contributed by atoms with van der Waals surface area (Å²) in [4.78, 5) is 15.5. The summed E-state index contributed by atoms with van der Waals surface area (Å²) in [5.74, 6) is -0.989. The summed E-state index contributed by atoms with van der Waals surface area (Å²) >= 11 is 0. The van der Waals surface area contributed by atoms with Crippen LogP contribution < -0.4 is 5.32 Å². The summed E-state index contributed by atoms with van der Waals surface area (Å²) in [5.41, 5.74) is 0.618. The van der Waals surface area contributed by atoms with Crippen molar-refractivity contribution in [1.82, 2.24) is 15.1 Å². The molecule has 128 valence electrons. The van der Waals surface area contributed by atoms with Gasteiger partial charge in [0.1, 0.15) is 11.6 Å². The van der Waals surface area contributed by atoms with E-state index >= 15 is 0 Å². The average Bonchev–Trinajstić information content (AvgIpc) is 2.48. The molecule has 1 amide bonds. The molecule has 0 bridgehead atoms. The molecule has 0 aliphatic carbocycles. The highest BCUT2D eigenvalue weighted by Crippen LogP contribution is 2.19. The lowest BCUT2D eigenvalue weighted by atomic mass is 10.0. The molecule has 2 rings (SSSR count). The molecule has 1 N–H and O–H groups in total. The highest BCUT2D eigenvalue weighted by atomic mass is 19.1. The maximum absolute atomic E-state index is 13.3. The van der Waals surface area contributed by atoms with Crippen molar-refractivity contribution >= 4 is 5.91 Å². The van der Waals surface area contributed by atoms with Crippen LogP contribution in [0.5, 0.6) is 0 Å². The fraction of sp³-hybridized carbons (Fsp3) is 0.588. The second kappa shape index (κ2) is 7.84. The van der Waals surface area contributed by atoms with Gasteiger partial charge in [0.2, 0.25) is 5.91 Å². The molecule has 1 aromatic carbocycles. The van der Waals surface area contributed by atoms with E-state index < -0.39 is 11.6 Å². The molecule has 0 aromatic heterocycles. The summed E-state index contributed by atoms with van der Waals surface area (Å²) in [6.45, 7) is 4.06. The van der Waals surface area contributed by atoms with Crippen molar-refractivity contribution in [3.63, 3.8) is 0 Å². The summed E-state index contributed by atoms with van der Waals surface area (Å²) < 4.78 is 26.6. The molecule has 0 saturated carbocycles. The van der Waals surface area contributed by atoms with Crippen LogP contribution in [0.2, 0.25) is 0 Å². The van der Waals surface area contributed by atoms with Crippen molar-refractivity contribution in [3.05, 3.63) is 35.4 Å². The van der Waals surface area contributed by atoms with Crippen molar-refractivity contribution in [2.24, 2.45) is 0 Å². The SMILES string of the molecule is CC(NC1CCN(CC(=O)N(C)C)CC1)c1cc(F)cc(F)c1. The summed E-state index contributed by atoms with van der Waals surface area (Å²) in [6.07, 6.45) is 1.84. The molecular weight excluding hydrogens is 300 g/mol. The van der Waals surface area contributed by atoms with E-state index in [1.807, 2.05) is 6.92 Å². The van der Waals surface area contributed by atoms with Gasteiger partial charge in [0.05, 0.1) is 6.54 Å². The van der Waals surface area contributed by atoms with E-state index in [1.54, 1.807) is 19.0 Å². The Labute approximate surface area is 136 Å². The van der Waals surface area contributed by atoms with Gasteiger partial charge in [-0.25, -0.2) is 8.78 Å². The predicted molar refractivity (Wildman–Crippen MR) is 86.1 cm³/mol. The number of amides is 1. The third-order valence-corrected chi connectivity index (χ3v) is 4.32. The molecule has 1 heterocycles. The van der Waals surface area contributed by atoms with Gasteiger partial charge in [-0.05, 0) is 37.5 Å². The molecule has 1 atom stereocenters. The zero-order valence-corrected chi connectivity index (χ0v) is 14.0. The van der Waals surface area contributed by atoms with Crippen LogP contribution in [0, 0.1) is 11.6 Å². The fourth-order valence-electron chi connectivity index (χ4n) is 2.87. The maximum Gasteiger partial charge on any atom is 0.236 e. The first-order chi connectivity index (χ1) is 10.8. The third kappa shape index (κ3) is 5.25. The number of benzene rings is 1. The van der Waals surface area contributed by atoms with Gasteiger partial charge >= 0.3 is 0 Å². The molecule has 1 saturated heterocycles. The van der Waals surface area contributed by atoms with E-state index in [1.165, 1.54) is 12.1 Å². The van der Waals surface area contributed by atoms with E-state index in [0.29, 0.717) is 18.2 Å². The average molecular weight is 325 g/mol. The van der Waals surface area contributed by atoms with Crippen molar-refractivity contribution in [1.29, 1.82) is 0 Å². The molecule has 4 nitrogen and oxygen atoms in total. The molecule has 1 unspecified atom stereocenters. The van der Waals surface area contributed by atoms with E-state index in [9.17, 15) is 13.6 Å². The first kappa shape index (κ1) is 17.8. The highest BCUT2D eigenvalue weighted by molar-refractivity contribution is 5.77. The van der Waals surface area contributed by atoms with Gasteiger partial charge in [-0.15, -0.1) is 0 Å². The number of hydrogen-bond acceptors (Lipinski definition) is 3. The van der Waals surface area contributed by atoms with Gasteiger partial charge in [-0.3, -0.25) is 9.69 Å². The number of piperidine rings is 1. The predicted octanol–water partition coefficient (Wildman–Crippen LogP) is 2.17. The maximum atomic E-state index is 13.3. The summed E-state index contributed by atoms with van der Waals surface area (Å²) in [5, 5.41) is 3.43. The zero-order valence-electron chi connectivity index (χ0n) is 14.0. The molecule has 1 aliphatic heterocycles. The number of rotatable bonds is 5. The standard InChI is InChI=1S/C17H25F2N3O/c1-12(13-8-14(18)10-15(19)9-13)20-16-4-6-22(7-5-16)11-17(23)21(2)3/h8-10,12,16,20H,4-7,11H2,1-3H3. The van der Waals surface area contributed by atoms with Crippen LogP contribution in [0.25, 0.3) is 0 Å². The second-order valence-electron chi connectivity index (χ2n) is 6.43. The molecule has 1 aromatic rings. The van der Waals surface area contributed by atoms with Gasteiger partial charge in [-0.2, -0.15) is 0 Å². The summed E-state index contributed by atoms with van der Waals surface area (Å²) in [6, 6.07) is 3.80. The Morgan fingerprint density at radius 1 is 1.26 bits per heavy atom. The Morgan fingerprint density at radius 3 is 2.35 bits per heavy atom. The van der Waals surface area contributed by atoms with Gasteiger partial charge in [0.25, 0.3) is 0 Å². The highest BCUT2D eigenvalue weighted by Gasteiger charge is 2.22. The van der Waals surface area contributed by atoms with Crippen LogP contribution in [-0.4, -0.2) is 55.5 Å². The second-order valence-corrected chi connectivity index (χ2v) is 6.43. The lowest BCUT2D eigenvalue weighted by molar-refractivity contribution is -0.130.